The van der Waals surface area contributed by atoms with E-state index < -0.39 is 16.8 Å². The van der Waals surface area contributed by atoms with Crippen molar-refractivity contribution in [1.82, 2.24) is 0 Å². The fourth-order valence-electron chi connectivity index (χ4n) is 2.48. The van der Waals surface area contributed by atoms with Gasteiger partial charge in [0.25, 0.3) is 5.69 Å². The van der Waals surface area contributed by atoms with E-state index in [2.05, 4.69) is 59.5 Å². The Morgan fingerprint density at radius 1 is 1.27 bits per heavy atom. The molecule has 0 fully saturated rings. The van der Waals surface area contributed by atoms with Crippen molar-refractivity contribution in [3.63, 3.8) is 0 Å². The minimum absolute atomic E-state index is 0.0826. The zero-order valence-corrected chi connectivity index (χ0v) is 19.4. The highest BCUT2D eigenvalue weighted by atomic mass is 79.9. The minimum Gasteiger partial charge on any atom is -0.425 e. The molecule has 8 nitrogen and oxygen atoms in total. The third-order valence-electron chi connectivity index (χ3n) is 3.74. The van der Waals surface area contributed by atoms with Gasteiger partial charge in [-0.2, -0.15) is 0 Å². The number of nitrogens with zero attached hydrogens (tertiary/aromatic N) is 2. The molecule has 0 saturated heterocycles. The predicted octanol–water partition coefficient (Wildman–Crippen LogP) is 5.09. The van der Waals surface area contributed by atoms with Gasteiger partial charge in [0.15, 0.2) is 0 Å². The van der Waals surface area contributed by atoms with Crippen LogP contribution in [0, 0.1) is 10.1 Å². The topological polar surface area (TPSA) is 111 Å². The molecular formula is C19H15Br2N3O5S. The second kappa shape index (κ2) is 11.7. The molecule has 0 atom stereocenters. The number of esters is 1. The maximum Gasteiger partial charge on any atom is 0.311 e. The highest BCUT2D eigenvalue weighted by Gasteiger charge is 2.19. The number of hydrogen-bond acceptors (Lipinski definition) is 7. The lowest BCUT2D eigenvalue weighted by Crippen LogP contribution is -2.17. The smallest absolute Gasteiger partial charge is 0.311 e. The lowest BCUT2D eigenvalue weighted by molar-refractivity contribution is -0.383. The summed E-state index contributed by atoms with van der Waals surface area (Å²) >= 11 is 11.1. The van der Waals surface area contributed by atoms with Crippen LogP contribution in [0.3, 0.4) is 0 Å². The van der Waals surface area contributed by atoms with Gasteiger partial charge in [0, 0.05) is 29.1 Å². The number of carbonyl (C=O) groups is 2. The summed E-state index contributed by atoms with van der Waals surface area (Å²) in [5.41, 5.74) is 0.295. The van der Waals surface area contributed by atoms with Crippen LogP contribution in [-0.4, -0.2) is 28.5 Å². The second-order valence-electron chi connectivity index (χ2n) is 5.93. The van der Waals surface area contributed by atoms with Gasteiger partial charge in [-0.25, -0.2) is 4.99 Å². The molecule has 0 aliphatic carbocycles. The number of halogens is 2. The van der Waals surface area contributed by atoms with E-state index in [1.54, 1.807) is 18.2 Å². The zero-order chi connectivity index (χ0) is 22.1. The normalized spacial score (nSPS) is 10.1. The summed E-state index contributed by atoms with van der Waals surface area (Å²) in [6.45, 7) is 0.366. The van der Waals surface area contributed by atoms with Crippen molar-refractivity contribution >= 4 is 72.5 Å². The van der Waals surface area contributed by atoms with E-state index >= 15 is 0 Å². The Bertz CT molecular complexity index is 1030. The third kappa shape index (κ3) is 7.10. The Hall–Kier alpha value is -2.46. The molecule has 0 heterocycles. The first-order valence-electron chi connectivity index (χ1n) is 8.57. The number of thiocarbonyl (C=S) groups is 1. The first kappa shape index (κ1) is 23.8. The molecule has 0 bridgehead atoms. The lowest BCUT2D eigenvalue weighted by Gasteiger charge is -2.13. The highest BCUT2D eigenvalue weighted by Crippen LogP contribution is 2.34. The number of nitrogens with one attached hydrogen (secondary N) is 1. The van der Waals surface area contributed by atoms with E-state index in [0.29, 0.717) is 27.5 Å². The molecule has 2 aromatic rings. The maximum absolute atomic E-state index is 12.5. The van der Waals surface area contributed by atoms with E-state index in [9.17, 15) is 19.7 Å². The van der Waals surface area contributed by atoms with E-state index in [-0.39, 0.29) is 30.0 Å². The average molecular weight is 557 g/mol. The molecule has 2 aromatic carbocycles. The standard InChI is InChI=1S/C19H15Br2N3O5S/c20-13-8-12(9-17(25)23-15-4-1-2-5-16(15)24(27)28)19(14(21)10-13)29-18(26)6-3-7-22-11-30/h1-2,4-5,8,10H,3,6-7,9H2,(H,23,25). The Morgan fingerprint density at radius 3 is 2.70 bits per heavy atom. The number of aliphatic imine (C=N–C) groups is 1. The van der Waals surface area contributed by atoms with Gasteiger partial charge in [0.1, 0.15) is 11.4 Å². The Morgan fingerprint density at radius 2 is 2.00 bits per heavy atom. The highest BCUT2D eigenvalue weighted by molar-refractivity contribution is 9.11. The molecule has 11 heteroatoms. The summed E-state index contributed by atoms with van der Waals surface area (Å²) in [7, 11) is 0. The summed E-state index contributed by atoms with van der Waals surface area (Å²) in [5.74, 6) is -0.779. The quantitative estimate of drug-likeness (QED) is 0.0875. The molecule has 2 rings (SSSR count). The van der Waals surface area contributed by atoms with Crippen molar-refractivity contribution in [2.24, 2.45) is 4.99 Å². The molecule has 1 amide bonds. The van der Waals surface area contributed by atoms with Crippen molar-refractivity contribution in [2.45, 2.75) is 19.3 Å². The largest absolute Gasteiger partial charge is 0.425 e. The molecular weight excluding hydrogens is 542 g/mol. The van der Waals surface area contributed by atoms with Gasteiger partial charge in [-0.15, -0.1) is 0 Å². The number of isothiocyanates is 1. The van der Waals surface area contributed by atoms with Crippen molar-refractivity contribution in [1.29, 1.82) is 0 Å². The molecule has 0 unspecified atom stereocenters. The lowest BCUT2D eigenvalue weighted by atomic mass is 10.1. The Labute approximate surface area is 194 Å². The minimum atomic E-state index is -0.577. The van der Waals surface area contributed by atoms with Gasteiger partial charge < -0.3 is 10.1 Å². The van der Waals surface area contributed by atoms with Gasteiger partial charge in [-0.1, -0.05) is 28.1 Å². The van der Waals surface area contributed by atoms with E-state index in [1.165, 1.54) is 18.2 Å². The number of carbonyl (C=O) groups excluding carboxylic acids is 2. The van der Waals surface area contributed by atoms with Crippen LogP contribution in [0.15, 0.2) is 50.3 Å². The number of amides is 1. The molecule has 0 aromatic heterocycles. The van der Waals surface area contributed by atoms with Gasteiger partial charge in [0.2, 0.25) is 5.91 Å². The van der Waals surface area contributed by atoms with Crippen molar-refractivity contribution in [3.8, 4) is 5.75 Å². The van der Waals surface area contributed by atoms with Crippen LogP contribution in [0.25, 0.3) is 0 Å². The number of ether oxygens (including phenoxy) is 1. The number of para-hydroxylation sites is 2. The maximum atomic E-state index is 12.5. The first-order chi connectivity index (χ1) is 14.3. The third-order valence-corrected chi connectivity index (χ3v) is 4.92. The molecule has 0 radical (unpaired) electrons. The summed E-state index contributed by atoms with van der Waals surface area (Å²) in [6, 6.07) is 9.16. The van der Waals surface area contributed by atoms with Crippen LogP contribution >= 0.6 is 44.1 Å². The van der Waals surface area contributed by atoms with Gasteiger partial charge in [-0.3, -0.25) is 19.7 Å². The van der Waals surface area contributed by atoms with Crippen LogP contribution in [-0.2, 0) is 16.0 Å². The van der Waals surface area contributed by atoms with Crippen LogP contribution in [0.2, 0.25) is 0 Å². The van der Waals surface area contributed by atoms with Crippen LogP contribution in [0.5, 0.6) is 5.75 Å². The Balaban J connectivity index is 2.17. The molecule has 0 spiro atoms. The molecule has 0 aliphatic rings. The first-order valence-corrected chi connectivity index (χ1v) is 10.6. The fraction of sp³-hybridized carbons (Fsp3) is 0.211. The predicted molar refractivity (Wildman–Crippen MR) is 122 cm³/mol. The van der Waals surface area contributed by atoms with Crippen LogP contribution in [0.1, 0.15) is 18.4 Å². The van der Waals surface area contributed by atoms with E-state index in [0.717, 1.165) is 0 Å². The van der Waals surface area contributed by atoms with Crippen molar-refractivity contribution in [2.75, 3.05) is 11.9 Å². The number of anilines is 1. The molecule has 30 heavy (non-hydrogen) atoms. The summed E-state index contributed by atoms with van der Waals surface area (Å²) < 4.78 is 6.59. The molecule has 0 aliphatic heterocycles. The summed E-state index contributed by atoms with van der Waals surface area (Å²) in [6.07, 6.45) is 0.400. The number of rotatable bonds is 9. The summed E-state index contributed by atoms with van der Waals surface area (Å²) in [4.78, 5) is 39.0. The van der Waals surface area contributed by atoms with Gasteiger partial charge in [0.05, 0.1) is 21.0 Å². The molecule has 0 saturated carbocycles. The van der Waals surface area contributed by atoms with E-state index in [4.69, 9.17) is 4.74 Å². The molecule has 156 valence electrons. The second-order valence-corrected chi connectivity index (χ2v) is 7.88. The van der Waals surface area contributed by atoms with Crippen LogP contribution < -0.4 is 10.1 Å². The van der Waals surface area contributed by atoms with Crippen LogP contribution in [0.4, 0.5) is 11.4 Å². The fourth-order valence-corrected chi connectivity index (χ4v) is 3.96. The average Bonchev–Trinajstić information content (AvgIpc) is 2.68. The number of nitro benzene ring substituents is 1. The molecule has 1 N–H and O–H groups in total. The monoisotopic (exact) mass is 555 g/mol. The SMILES string of the molecule is O=C(Cc1cc(Br)cc(Br)c1OC(=O)CCCN=C=S)Nc1ccccc1[N+](=O)[O-]. The number of hydrogen-bond donors (Lipinski definition) is 1. The zero-order valence-electron chi connectivity index (χ0n) is 15.4. The Kier molecular flexibility index (Phi) is 9.25. The van der Waals surface area contributed by atoms with E-state index in [1.807, 2.05) is 0 Å². The number of nitro groups is 1. The number of benzene rings is 2. The van der Waals surface area contributed by atoms with Gasteiger partial charge in [-0.05, 0) is 52.8 Å². The van der Waals surface area contributed by atoms with Crippen molar-refractivity contribution < 1.29 is 19.2 Å². The summed E-state index contributed by atoms with van der Waals surface area (Å²) in [5, 5.41) is 15.9. The van der Waals surface area contributed by atoms with Crippen molar-refractivity contribution in [3.05, 3.63) is 61.0 Å². The van der Waals surface area contributed by atoms with Gasteiger partial charge >= 0.3 is 5.97 Å².